The van der Waals surface area contributed by atoms with Crippen LogP contribution in [0.1, 0.15) is 36.3 Å². The van der Waals surface area contributed by atoms with E-state index in [1.54, 1.807) is 12.1 Å². The summed E-state index contributed by atoms with van der Waals surface area (Å²) in [5, 5.41) is 0. The molecule has 0 amide bonds. The standard InChI is InChI=1S/C13H13F3/c14-13(15,16)12-8-6-11(7-9-12)10-4-2-1-3-5-10/h2,4,6-10H,1,3,5H2/t10-/m1/s1. The molecule has 0 aromatic heterocycles. The molecule has 1 aliphatic carbocycles. The predicted molar refractivity (Wildman–Crippen MR) is 57.2 cm³/mol. The monoisotopic (exact) mass is 226 g/mol. The van der Waals surface area contributed by atoms with E-state index in [1.807, 2.05) is 0 Å². The Balaban J connectivity index is 2.19. The molecule has 0 spiro atoms. The Bertz CT molecular complexity index is 373. The normalized spacial score (nSPS) is 21.1. The molecule has 0 bridgehead atoms. The van der Waals surface area contributed by atoms with Crippen LogP contribution in [0.15, 0.2) is 36.4 Å². The van der Waals surface area contributed by atoms with Crippen LogP contribution >= 0.6 is 0 Å². The van der Waals surface area contributed by atoms with Crippen molar-refractivity contribution in [3.8, 4) is 0 Å². The SMILES string of the molecule is FC(F)(F)c1ccc([C@@H]2C=CCCC2)cc1. The molecule has 0 fully saturated rings. The van der Waals surface area contributed by atoms with Gasteiger partial charge in [-0.2, -0.15) is 13.2 Å². The molecule has 2 rings (SSSR count). The fraction of sp³-hybridized carbons (Fsp3) is 0.385. The van der Waals surface area contributed by atoms with Gasteiger partial charge in [-0.25, -0.2) is 0 Å². The van der Waals surface area contributed by atoms with Crippen LogP contribution < -0.4 is 0 Å². The maximum atomic E-state index is 12.3. The van der Waals surface area contributed by atoms with Gasteiger partial charge in [0.15, 0.2) is 0 Å². The Morgan fingerprint density at radius 3 is 2.25 bits per heavy atom. The lowest BCUT2D eigenvalue weighted by Gasteiger charge is -2.17. The largest absolute Gasteiger partial charge is 0.416 e. The molecule has 0 radical (unpaired) electrons. The van der Waals surface area contributed by atoms with Gasteiger partial charge < -0.3 is 0 Å². The highest BCUT2D eigenvalue weighted by Crippen LogP contribution is 2.32. The zero-order valence-electron chi connectivity index (χ0n) is 8.80. The summed E-state index contributed by atoms with van der Waals surface area (Å²) in [6.07, 6.45) is 3.18. The molecule has 1 aliphatic rings. The predicted octanol–water partition coefficient (Wildman–Crippen LogP) is 4.53. The van der Waals surface area contributed by atoms with Crippen molar-refractivity contribution in [1.82, 2.24) is 0 Å². The van der Waals surface area contributed by atoms with Gasteiger partial charge in [-0.1, -0.05) is 24.3 Å². The maximum Gasteiger partial charge on any atom is 0.416 e. The van der Waals surface area contributed by atoms with Crippen molar-refractivity contribution >= 4 is 0 Å². The van der Waals surface area contributed by atoms with E-state index >= 15 is 0 Å². The van der Waals surface area contributed by atoms with Gasteiger partial charge in [-0.15, -0.1) is 0 Å². The minimum Gasteiger partial charge on any atom is -0.166 e. The molecule has 1 atom stereocenters. The molecule has 1 aromatic rings. The molecule has 1 aromatic carbocycles. The second kappa shape index (κ2) is 4.32. The van der Waals surface area contributed by atoms with Gasteiger partial charge in [0.05, 0.1) is 5.56 Å². The average Bonchev–Trinajstić information content (AvgIpc) is 2.29. The van der Waals surface area contributed by atoms with Gasteiger partial charge in [-0.3, -0.25) is 0 Å². The fourth-order valence-electron chi connectivity index (χ4n) is 2.01. The van der Waals surface area contributed by atoms with Gasteiger partial charge in [0.2, 0.25) is 0 Å². The summed E-state index contributed by atoms with van der Waals surface area (Å²) < 4.78 is 37.0. The van der Waals surface area contributed by atoms with Crippen LogP contribution in [0.2, 0.25) is 0 Å². The highest BCUT2D eigenvalue weighted by atomic mass is 19.4. The van der Waals surface area contributed by atoms with Crippen molar-refractivity contribution in [3.63, 3.8) is 0 Å². The Labute approximate surface area is 92.8 Å². The number of rotatable bonds is 1. The van der Waals surface area contributed by atoms with Gasteiger partial charge >= 0.3 is 6.18 Å². The van der Waals surface area contributed by atoms with E-state index in [1.165, 1.54) is 0 Å². The van der Waals surface area contributed by atoms with Crippen LogP contribution in [0.3, 0.4) is 0 Å². The molecule has 0 nitrogen and oxygen atoms in total. The van der Waals surface area contributed by atoms with Gasteiger partial charge in [-0.05, 0) is 37.0 Å². The van der Waals surface area contributed by atoms with Crippen LogP contribution in [0.5, 0.6) is 0 Å². The first-order valence-electron chi connectivity index (χ1n) is 5.41. The van der Waals surface area contributed by atoms with Crippen molar-refractivity contribution in [1.29, 1.82) is 0 Å². The third kappa shape index (κ3) is 2.46. The lowest BCUT2D eigenvalue weighted by atomic mass is 9.89. The second-order valence-corrected chi connectivity index (χ2v) is 4.09. The Morgan fingerprint density at radius 2 is 1.75 bits per heavy atom. The van der Waals surface area contributed by atoms with Gasteiger partial charge in [0.25, 0.3) is 0 Å². The molecule has 86 valence electrons. The van der Waals surface area contributed by atoms with Crippen LogP contribution in [0, 0.1) is 0 Å². The summed E-state index contributed by atoms with van der Waals surface area (Å²) in [6, 6.07) is 5.50. The summed E-state index contributed by atoms with van der Waals surface area (Å²) >= 11 is 0. The van der Waals surface area contributed by atoms with E-state index in [0.29, 0.717) is 0 Å². The summed E-state index contributed by atoms with van der Waals surface area (Å²) in [7, 11) is 0. The Kier molecular flexibility index (Phi) is 3.03. The Hall–Kier alpha value is -1.25. The van der Waals surface area contributed by atoms with Crippen LogP contribution in [0.25, 0.3) is 0 Å². The van der Waals surface area contributed by atoms with Crippen LogP contribution in [0.4, 0.5) is 13.2 Å². The maximum absolute atomic E-state index is 12.3. The quantitative estimate of drug-likeness (QED) is 0.617. The van der Waals surface area contributed by atoms with Crippen molar-refractivity contribution < 1.29 is 13.2 Å². The third-order valence-corrected chi connectivity index (χ3v) is 2.92. The molecular weight excluding hydrogens is 213 g/mol. The molecule has 0 aliphatic heterocycles. The minimum atomic E-state index is -4.24. The van der Waals surface area contributed by atoms with Gasteiger partial charge in [0.1, 0.15) is 0 Å². The molecule has 0 heterocycles. The van der Waals surface area contributed by atoms with Crippen molar-refractivity contribution in [2.24, 2.45) is 0 Å². The molecule has 0 saturated carbocycles. The highest BCUT2D eigenvalue weighted by molar-refractivity contribution is 5.30. The number of alkyl halides is 3. The first kappa shape index (κ1) is 11.2. The minimum absolute atomic E-state index is 0.288. The van der Waals surface area contributed by atoms with Crippen molar-refractivity contribution in [2.45, 2.75) is 31.4 Å². The van der Waals surface area contributed by atoms with E-state index in [-0.39, 0.29) is 5.92 Å². The third-order valence-electron chi connectivity index (χ3n) is 2.92. The zero-order valence-corrected chi connectivity index (χ0v) is 8.80. The number of halogens is 3. The topological polar surface area (TPSA) is 0 Å². The number of hydrogen-bond acceptors (Lipinski definition) is 0. The van der Waals surface area contributed by atoms with Crippen molar-refractivity contribution in [2.75, 3.05) is 0 Å². The molecular formula is C13H13F3. The van der Waals surface area contributed by atoms with Gasteiger partial charge in [0, 0.05) is 5.92 Å². The molecule has 0 saturated heterocycles. The lowest BCUT2D eigenvalue weighted by Crippen LogP contribution is -2.05. The average molecular weight is 226 g/mol. The molecule has 0 N–H and O–H groups in total. The Morgan fingerprint density at radius 1 is 1.06 bits per heavy atom. The smallest absolute Gasteiger partial charge is 0.166 e. The number of hydrogen-bond donors (Lipinski definition) is 0. The summed E-state index contributed by atoms with van der Waals surface area (Å²) in [5.41, 5.74) is 0.403. The van der Waals surface area contributed by atoms with E-state index < -0.39 is 11.7 Å². The highest BCUT2D eigenvalue weighted by Gasteiger charge is 2.30. The van der Waals surface area contributed by atoms with E-state index in [2.05, 4.69) is 12.2 Å². The fourth-order valence-corrected chi connectivity index (χ4v) is 2.01. The van der Waals surface area contributed by atoms with E-state index in [9.17, 15) is 13.2 Å². The second-order valence-electron chi connectivity index (χ2n) is 4.09. The zero-order chi connectivity index (χ0) is 11.6. The first-order valence-corrected chi connectivity index (χ1v) is 5.41. The lowest BCUT2D eigenvalue weighted by molar-refractivity contribution is -0.137. The number of benzene rings is 1. The molecule has 3 heteroatoms. The summed E-state index contributed by atoms with van der Waals surface area (Å²) in [5.74, 6) is 0.288. The van der Waals surface area contributed by atoms with Crippen LogP contribution in [-0.2, 0) is 6.18 Å². The molecule has 16 heavy (non-hydrogen) atoms. The van der Waals surface area contributed by atoms with Crippen LogP contribution in [-0.4, -0.2) is 0 Å². The summed E-state index contributed by atoms with van der Waals surface area (Å²) in [4.78, 5) is 0. The van der Waals surface area contributed by atoms with Crippen molar-refractivity contribution in [3.05, 3.63) is 47.5 Å². The summed E-state index contributed by atoms with van der Waals surface area (Å²) in [6.45, 7) is 0. The first-order chi connectivity index (χ1) is 7.57. The van der Waals surface area contributed by atoms with E-state index in [4.69, 9.17) is 0 Å². The van der Waals surface area contributed by atoms with E-state index in [0.717, 1.165) is 37.0 Å². The number of allylic oxidation sites excluding steroid dienone is 2. The molecule has 0 unspecified atom stereocenters.